The number of aliphatic carboxylic acids is 2. The van der Waals surface area contributed by atoms with E-state index in [-0.39, 0.29) is 30.4 Å². The van der Waals surface area contributed by atoms with E-state index in [9.17, 15) is 47.4 Å². The average molecular weight is 872 g/mol. The maximum Gasteiger partial charge on any atom is 0.389 e. The van der Waals surface area contributed by atoms with Gasteiger partial charge in [0.2, 0.25) is 17.7 Å². The quantitative estimate of drug-likeness (QED) is 0.0338. The van der Waals surface area contributed by atoms with Gasteiger partial charge in [0, 0.05) is 35.9 Å². The van der Waals surface area contributed by atoms with Gasteiger partial charge in [-0.3, -0.25) is 14.4 Å². The maximum atomic E-state index is 12.4. The van der Waals surface area contributed by atoms with E-state index in [2.05, 4.69) is 74.0 Å². The van der Waals surface area contributed by atoms with Crippen molar-refractivity contribution >= 4 is 53.2 Å². The number of allylic oxidation sites excluding steroid dienone is 10. The van der Waals surface area contributed by atoms with Gasteiger partial charge in [0.1, 0.15) is 12.1 Å². The SMILES string of the molecule is CC(C)=CCCC(C)=CCCC(C)=CCSCC(NC(=O)CNC(=O)CCC(C)=CCCC(C)=CCCC(C)=CCSCC(NC(=O)CCC(F)(F)F)C(=O)O)C(=O)O. The molecule has 0 bridgehead atoms. The lowest BCUT2D eigenvalue weighted by molar-refractivity contribution is -0.146. The van der Waals surface area contributed by atoms with Crippen LogP contribution in [0.5, 0.6) is 0 Å². The van der Waals surface area contributed by atoms with Gasteiger partial charge in [-0.2, -0.15) is 36.7 Å². The third-order valence-corrected chi connectivity index (χ3v) is 10.9. The minimum atomic E-state index is -4.48. The largest absolute Gasteiger partial charge is 0.480 e. The first kappa shape index (κ1) is 55.3. The molecule has 0 aliphatic rings. The summed E-state index contributed by atoms with van der Waals surface area (Å²) in [5, 5.41) is 26.1. The zero-order valence-corrected chi connectivity index (χ0v) is 37.7. The van der Waals surface area contributed by atoms with Gasteiger partial charge in [-0.25, -0.2) is 9.59 Å². The van der Waals surface area contributed by atoms with Crippen molar-refractivity contribution < 1.29 is 47.4 Å². The molecule has 2 atom stereocenters. The molecule has 15 heteroatoms. The Labute approximate surface area is 358 Å². The number of rotatable bonds is 31. The number of amides is 3. The third kappa shape index (κ3) is 33.8. The second-order valence-electron chi connectivity index (χ2n) is 15.1. The predicted octanol–water partition coefficient (Wildman–Crippen LogP) is 9.65. The fraction of sp³-hybridized carbons (Fsp3) is 0.614. The van der Waals surface area contributed by atoms with Crippen molar-refractivity contribution in [3.63, 3.8) is 0 Å². The fourth-order valence-electron chi connectivity index (χ4n) is 5.21. The van der Waals surface area contributed by atoms with E-state index in [4.69, 9.17) is 0 Å². The van der Waals surface area contributed by atoms with Crippen LogP contribution >= 0.6 is 23.5 Å². The second kappa shape index (κ2) is 32.1. The van der Waals surface area contributed by atoms with Gasteiger partial charge in [0.05, 0.1) is 13.0 Å². The van der Waals surface area contributed by atoms with E-state index >= 15 is 0 Å². The summed E-state index contributed by atoms with van der Waals surface area (Å²) in [7, 11) is 0. The molecule has 0 saturated carbocycles. The number of carbonyl (C=O) groups excluding carboxylic acids is 3. The Morgan fingerprint density at radius 2 is 0.915 bits per heavy atom. The van der Waals surface area contributed by atoms with Crippen LogP contribution in [0.1, 0.15) is 126 Å². The van der Waals surface area contributed by atoms with Crippen LogP contribution in [0.4, 0.5) is 13.2 Å². The zero-order valence-electron chi connectivity index (χ0n) is 36.0. The molecule has 0 aromatic carbocycles. The fourth-order valence-corrected chi connectivity index (χ4v) is 7.21. The molecule has 0 aliphatic heterocycles. The Hall–Kier alpha value is -3.72. The van der Waals surface area contributed by atoms with Crippen molar-refractivity contribution in [2.45, 2.75) is 144 Å². The summed E-state index contributed by atoms with van der Waals surface area (Å²) in [4.78, 5) is 59.6. The zero-order chi connectivity index (χ0) is 44.8. The Morgan fingerprint density at radius 1 is 0.525 bits per heavy atom. The van der Waals surface area contributed by atoms with Crippen LogP contribution in [-0.4, -0.2) is 87.7 Å². The summed E-state index contributed by atoms with van der Waals surface area (Å²) in [6, 6.07) is -2.32. The highest BCUT2D eigenvalue weighted by Crippen LogP contribution is 2.21. The van der Waals surface area contributed by atoms with E-state index in [1.54, 1.807) is 0 Å². The first-order chi connectivity index (χ1) is 27.7. The van der Waals surface area contributed by atoms with Crippen LogP contribution in [0.3, 0.4) is 0 Å². The number of hydrogen-bond donors (Lipinski definition) is 5. The summed E-state index contributed by atoms with van der Waals surface area (Å²) in [5.41, 5.74) is 7.33. The Kier molecular flexibility index (Phi) is 30.1. The van der Waals surface area contributed by atoms with Gasteiger partial charge in [-0.05, 0) is 106 Å². The van der Waals surface area contributed by atoms with Gasteiger partial charge >= 0.3 is 18.1 Å². The standard InChI is InChI=1S/C44H68F3N3O7S2/c1-31(2)12-8-13-32(3)15-10-18-35(6)24-27-59-30-38(43(56)57)50-41(53)28-48-39(51)21-20-34(5)17-9-14-33(4)16-11-19-36(7)23-26-58-29-37(42(54)55)49-40(52)22-25-44(45,46)47/h12,15-17,23-24,37-38H,8-11,13-14,18-22,25-30H2,1-7H3,(H,48,51)(H,49,52)(H,50,53)(H,54,55)(H,56,57). The molecule has 0 aromatic rings. The molecular weight excluding hydrogens is 804 g/mol. The molecule has 10 nitrogen and oxygen atoms in total. The van der Waals surface area contributed by atoms with Crippen molar-refractivity contribution in [1.82, 2.24) is 16.0 Å². The van der Waals surface area contributed by atoms with Crippen molar-refractivity contribution in [2.24, 2.45) is 0 Å². The normalized spacial score (nSPS) is 14.0. The molecule has 0 saturated heterocycles. The van der Waals surface area contributed by atoms with Gasteiger partial charge < -0.3 is 26.2 Å². The lowest BCUT2D eigenvalue weighted by Gasteiger charge is -2.14. The summed E-state index contributed by atoms with van der Waals surface area (Å²) >= 11 is 2.71. The highest BCUT2D eigenvalue weighted by molar-refractivity contribution is 7.99. The molecule has 5 N–H and O–H groups in total. The first-order valence-corrected chi connectivity index (χ1v) is 22.4. The van der Waals surface area contributed by atoms with E-state index in [0.717, 1.165) is 62.5 Å². The molecule has 0 fully saturated rings. The van der Waals surface area contributed by atoms with Gasteiger partial charge in [0.25, 0.3) is 0 Å². The lowest BCUT2D eigenvalue weighted by Crippen LogP contribution is -2.46. The van der Waals surface area contributed by atoms with Crippen molar-refractivity contribution in [2.75, 3.05) is 29.6 Å². The minimum absolute atomic E-state index is 0.0362. The van der Waals surface area contributed by atoms with E-state index in [1.165, 1.54) is 45.8 Å². The smallest absolute Gasteiger partial charge is 0.389 e. The molecule has 0 aromatic heterocycles. The van der Waals surface area contributed by atoms with Crippen LogP contribution in [0.25, 0.3) is 0 Å². The lowest BCUT2D eigenvalue weighted by atomic mass is 10.0. The number of alkyl halides is 3. The summed E-state index contributed by atoms with van der Waals surface area (Å²) in [6.45, 7) is 14.1. The number of nitrogens with one attached hydrogen (secondary N) is 3. The summed E-state index contributed by atoms with van der Waals surface area (Å²) in [6.07, 6.45) is 14.3. The van der Waals surface area contributed by atoms with E-state index < -0.39 is 54.9 Å². The Balaban J connectivity index is 4.41. The molecule has 0 heterocycles. The molecule has 0 aliphatic carbocycles. The number of carbonyl (C=O) groups is 5. The summed E-state index contributed by atoms with van der Waals surface area (Å²) < 4.78 is 36.9. The molecule has 59 heavy (non-hydrogen) atoms. The molecule has 0 spiro atoms. The van der Waals surface area contributed by atoms with Gasteiger partial charge in [-0.1, -0.05) is 69.9 Å². The predicted molar refractivity (Wildman–Crippen MR) is 236 cm³/mol. The first-order valence-electron chi connectivity index (χ1n) is 20.1. The third-order valence-electron chi connectivity index (χ3n) is 8.95. The van der Waals surface area contributed by atoms with Gasteiger partial charge in [0.15, 0.2) is 0 Å². The second-order valence-corrected chi connectivity index (χ2v) is 17.2. The van der Waals surface area contributed by atoms with Crippen molar-refractivity contribution in [3.05, 3.63) is 69.9 Å². The summed E-state index contributed by atoms with van der Waals surface area (Å²) in [5.74, 6) is -2.81. The molecule has 2 unspecified atom stereocenters. The van der Waals surface area contributed by atoms with Crippen molar-refractivity contribution in [3.8, 4) is 0 Å². The molecular formula is C44H68F3N3O7S2. The van der Waals surface area contributed by atoms with E-state index in [1.807, 2.05) is 26.8 Å². The van der Waals surface area contributed by atoms with Crippen LogP contribution in [0, 0.1) is 0 Å². The number of carboxylic acids is 2. The minimum Gasteiger partial charge on any atom is -0.480 e. The van der Waals surface area contributed by atoms with Crippen LogP contribution in [0.15, 0.2) is 69.9 Å². The Morgan fingerprint density at radius 3 is 1.32 bits per heavy atom. The van der Waals surface area contributed by atoms with Crippen LogP contribution in [-0.2, 0) is 24.0 Å². The topological polar surface area (TPSA) is 162 Å². The highest BCUT2D eigenvalue weighted by Gasteiger charge is 2.29. The number of carboxylic acid groups (broad SMARTS) is 2. The number of hydrogen-bond acceptors (Lipinski definition) is 7. The average Bonchev–Trinajstić information content (AvgIpc) is 3.14. The molecule has 0 rings (SSSR count). The van der Waals surface area contributed by atoms with Crippen LogP contribution in [0.2, 0.25) is 0 Å². The monoisotopic (exact) mass is 871 g/mol. The molecule has 3 amide bonds. The van der Waals surface area contributed by atoms with Crippen molar-refractivity contribution in [1.29, 1.82) is 0 Å². The molecule has 0 radical (unpaired) electrons. The number of halogens is 3. The molecule has 334 valence electrons. The van der Waals surface area contributed by atoms with E-state index in [0.29, 0.717) is 17.9 Å². The maximum absolute atomic E-state index is 12.4. The van der Waals surface area contributed by atoms with Crippen LogP contribution < -0.4 is 16.0 Å². The van der Waals surface area contributed by atoms with Gasteiger partial charge in [-0.15, -0.1) is 0 Å². The highest BCUT2D eigenvalue weighted by atomic mass is 32.2. The Bertz CT molecular complexity index is 1530. The number of thioether (sulfide) groups is 2.